The molecule has 2 amide bonds. The van der Waals surface area contributed by atoms with Crippen molar-refractivity contribution in [3.63, 3.8) is 0 Å². The summed E-state index contributed by atoms with van der Waals surface area (Å²) < 4.78 is 2.93. The number of amides is 2. The van der Waals surface area contributed by atoms with Crippen LogP contribution in [0.3, 0.4) is 0 Å². The van der Waals surface area contributed by atoms with Gasteiger partial charge in [-0.1, -0.05) is 24.3 Å². The summed E-state index contributed by atoms with van der Waals surface area (Å²) in [4.78, 5) is 34.8. The average Bonchev–Trinajstić information content (AvgIpc) is 3.46. The predicted octanol–water partition coefficient (Wildman–Crippen LogP) is 3.74. The van der Waals surface area contributed by atoms with Crippen LogP contribution in [0.15, 0.2) is 84.1 Å². The number of fused-ring (bicyclic) bond motifs is 2. The van der Waals surface area contributed by atoms with Crippen LogP contribution in [0.5, 0.6) is 0 Å². The number of hydrogen-bond acceptors (Lipinski definition) is 4. The van der Waals surface area contributed by atoms with Crippen LogP contribution in [0.25, 0.3) is 22.3 Å². The van der Waals surface area contributed by atoms with E-state index in [4.69, 9.17) is 0 Å². The van der Waals surface area contributed by atoms with Gasteiger partial charge in [0.05, 0.1) is 6.54 Å². The van der Waals surface area contributed by atoms with Gasteiger partial charge in [0.15, 0.2) is 5.65 Å². The van der Waals surface area contributed by atoms with Crippen LogP contribution in [0, 0.1) is 0 Å². The lowest BCUT2D eigenvalue weighted by Gasteiger charge is -2.26. The highest BCUT2D eigenvalue weighted by Gasteiger charge is 2.20. The van der Waals surface area contributed by atoms with E-state index in [9.17, 15) is 9.59 Å². The second-order valence-electron chi connectivity index (χ2n) is 8.53. The number of rotatable bonds is 4. The number of aromatic amines is 1. The zero-order valence-electron chi connectivity index (χ0n) is 18.9. The molecule has 1 aliphatic rings. The molecule has 174 valence electrons. The van der Waals surface area contributed by atoms with Crippen LogP contribution < -0.4 is 11.0 Å². The fourth-order valence-corrected chi connectivity index (χ4v) is 4.51. The molecule has 0 saturated carbocycles. The van der Waals surface area contributed by atoms with Crippen molar-refractivity contribution < 1.29 is 4.79 Å². The molecule has 0 unspecified atom stereocenters. The van der Waals surface area contributed by atoms with E-state index in [1.807, 2.05) is 42.6 Å². The number of urea groups is 1. The Morgan fingerprint density at radius 1 is 1.11 bits per heavy atom. The molecule has 35 heavy (non-hydrogen) atoms. The van der Waals surface area contributed by atoms with Crippen molar-refractivity contribution in [2.75, 3.05) is 18.4 Å². The van der Waals surface area contributed by atoms with Crippen LogP contribution in [-0.4, -0.2) is 48.2 Å². The average molecular weight is 466 g/mol. The number of nitrogens with one attached hydrogen (secondary N) is 2. The van der Waals surface area contributed by atoms with Crippen molar-refractivity contribution in [1.82, 2.24) is 29.0 Å². The van der Waals surface area contributed by atoms with E-state index in [1.54, 1.807) is 29.4 Å². The Kier molecular flexibility index (Phi) is 5.14. The van der Waals surface area contributed by atoms with Crippen LogP contribution >= 0.6 is 0 Å². The number of pyridine rings is 2. The zero-order valence-corrected chi connectivity index (χ0v) is 18.9. The third-order valence-corrected chi connectivity index (χ3v) is 6.29. The highest BCUT2D eigenvalue weighted by Crippen LogP contribution is 2.28. The van der Waals surface area contributed by atoms with Crippen LogP contribution in [-0.2, 0) is 6.54 Å². The van der Waals surface area contributed by atoms with E-state index in [0.717, 1.165) is 28.6 Å². The summed E-state index contributed by atoms with van der Waals surface area (Å²) in [6, 6.07) is 16.8. The maximum atomic E-state index is 12.9. The maximum absolute atomic E-state index is 12.9. The lowest BCUT2D eigenvalue weighted by atomic mass is 10.00. The van der Waals surface area contributed by atoms with Crippen molar-refractivity contribution >= 4 is 34.0 Å². The van der Waals surface area contributed by atoms with Gasteiger partial charge in [-0.15, -0.1) is 5.10 Å². The van der Waals surface area contributed by atoms with Crippen LogP contribution in [0.4, 0.5) is 10.5 Å². The van der Waals surface area contributed by atoms with E-state index in [2.05, 4.69) is 32.5 Å². The number of H-pyrrole nitrogens is 1. The number of aromatic nitrogens is 5. The molecule has 0 fully saturated rings. The fraction of sp³-hybridized carbons (Fsp3) is 0.154. The van der Waals surface area contributed by atoms with Crippen LogP contribution in [0.1, 0.15) is 17.5 Å². The Morgan fingerprint density at radius 3 is 2.91 bits per heavy atom. The minimum absolute atomic E-state index is 0.150. The quantitative estimate of drug-likeness (QED) is 0.422. The molecule has 4 aromatic heterocycles. The Balaban J connectivity index is 1.14. The number of carbonyl (C=O) groups excluding carboxylic acids is 1. The first-order valence-corrected chi connectivity index (χ1v) is 11.5. The standard InChI is InChI=1S/C26H23N7O2/c34-25(31-13-9-19(10-14-31)22-16-28-24-21(22)7-4-11-27-24)29-20-6-3-5-18(15-20)17-33-26(35)32-12-2-1-8-23(32)30-33/h1-9,11-12,15-16H,10,13-14,17H2,(H,27,28)(H,29,34). The van der Waals surface area contributed by atoms with Gasteiger partial charge in [0.2, 0.25) is 0 Å². The van der Waals surface area contributed by atoms with E-state index < -0.39 is 0 Å². The molecule has 9 nitrogen and oxygen atoms in total. The summed E-state index contributed by atoms with van der Waals surface area (Å²) in [6.45, 7) is 1.48. The van der Waals surface area contributed by atoms with Gasteiger partial charge in [-0.25, -0.2) is 19.3 Å². The first-order chi connectivity index (χ1) is 17.2. The summed E-state index contributed by atoms with van der Waals surface area (Å²) in [5.41, 5.74) is 5.19. The van der Waals surface area contributed by atoms with E-state index in [-0.39, 0.29) is 11.7 Å². The van der Waals surface area contributed by atoms with E-state index in [1.165, 1.54) is 14.7 Å². The van der Waals surface area contributed by atoms with Gasteiger partial charge in [-0.3, -0.25) is 4.40 Å². The summed E-state index contributed by atoms with van der Waals surface area (Å²) >= 11 is 0. The first kappa shape index (κ1) is 20.9. The number of anilines is 1. The molecule has 0 atom stereocenters. The van der Waals surface area contributed by atoms with Gasteiger partial charge in [0, 0.05) is 48.3 Å². The van der Waals surface area contributed by atoms with Gasteiger partial charge in [0.1, 0.15) is 5.65 Å². The largest absolute Gasteiger partial charge is 0.350 e. The Bertz CT molecular complexity index is 1640. The summed E-state index contributed by atoms with van der Waals surface area (Å²) in [5, 5.41) is 8.46. The topological polar surface area (TPSA) is 100 Å². The SMILES string of the molecule is O=C(Nc1cccc(Cn2nc3ccccn3c2=O)c1)N1CC=C(c2c[nH]c3ncccc23)CC1. The molecule has 0 saturated heterocycles. The third-order valence-electron chi connectivity index (χ3n) is 6.29. The number of nitrogens with zero attached hydrogens (tertiary/aromatic N) is 5. The highest BCUT2D eigenvalue weighted by atomic mass is 16.2. The van der Waals surface area contributed by atoms with E-state index in [0.29, 0.717) is 31.0 Å². The summed E-state index contributed by atoms with van der Waals surface area (Å²) in [6.07, 6.45) is 8.33. The smallest absolute Gasteiger partial charge is 0.346 e. The molecule has 0 bridgehead atoms. The zero-order chi connectivity index (χ0) is 23.8. The molecule has 0 spiro atoms. The van der Waals surface area contributed by atoms with Crippen molar-refractivity contribution in [3.05, 3.63) is 101 Å². The number of hydrogen-bond donors (Lipinski definition) is 2. The van der Waals surface area contributed by atoms with Gasteiger partial charge >= 0.3 is 11.7 Å². The first-order valence-electron chi connectivity index (χ1n) is 11.5. The molecule has 5 aromatic rings. The van der Waals surface area contributed by atoms with Gasteiger partial charge in [-0.05, 0) is 54.0 Å². The second kappa shape index (κ2) is 8.60. The van der Waals surface area contributed by atoms with Crippen molar-refractivity contribution in [2.45, 2.75) is 13.0 Å². The summed E-state index contributed by atoms with van der Waals surface area (Å²) in [5.74, 6) is 0. The monoisotopic (exact) mass is 465 g/mol. The fourth-order valence-electron chi connectivity index (χ4n) is 4.51. The molecule has 6 rings (SSSR count). The second-order valence-corrected chi connectivity index (χ2v) is 8.53. The van der Waals surface area contributed by atoms with Crippen molar-refractivity contribution in [1.29, 1.82) is 0 Å². The summed E-state index contributed by atoms with van der Waals surface area (Å²) in [7, 11) is 0. The number of carbonyl (C=O) groups is 1. The predicted molar refractivity (Wildman–Crippen MR) is 134 cm³/mol. The van der Waals surface area contributed by atoms with Gasteiger partial charge in [0.25, 0.3) is 0 Å². The Labute approximate surface area is 200 Å². The lowest BCUT2D eigenvalue weighted by molar-refractivity contribution is 0.217. The minimum atomic E-state index is -0.197. The molecule has 2 N–H and O–H groups in total. The molecule has 1 aromatic carbocycles. The van der Waals surface area contributed by atoms with Crippen molar-refractivity contribution in [2.24, 2.45) is 0 Å². The Morgan fingerprint density at radius 2 is 2.06 bits per heavy atom. The number of benzene rings is 1. The normalized spacial score (nSPS) is 13.8. The van der Waals surface area contributed by atoms with E-state index >= 15 is 0 Å². The molecule has 0 aliphatic carbocycles. The third kappa shape index (κ3) is 3.97. The Hall–Kier alpha value is -4.66. The van der Waals surface area contributed by atoms with Gasteiger partial charge < -0.3 is 15.2 Å². The molecular weight excluding hydrogens is 442 g/mol. The lowest BCUT2D eigenvalue weighted by Crippen LogP contribution is -2.37. The van der Waals surface area contributed by atoms with Crippen LogP contribution in [0.2, 0.25) is 0 Å². The molecule has 5 heterocycles. The maximum Gasteiger partial charge on any atom is 0.350 e. The molecule has 0 radical (unpaired) electrons. The molecular formula is C26H23N7O2. The minimum Gasteiger partial charge on any atom is -0.346 e. The highest BCUT2D eigenvalue weighted by molar-refractivity contribution is 5.93. The van der Waals surface area contributed by atoms with Crippen molar-refractivity contribution in [3.8, 4) is 0 Å². The molecule has 1 aliphatic heterocycles. The van der Waals surface area contributed by atoms with Gasteiger partial charge in [-0.2, -0.15) is 0 Å². The molecule has 9 heteroatoms.